The number of piperazine rings is 1. The lowest BCUT2D eigenvalue weighted by Crippen LogP contribution is -2.54. The number of hydrogen-bond donors (Lipinski definition) is 3. The number of carbonyl (C=O) groups excluding carboxylic acids is 1. The molecule has 1 aliphatic rings. The van der Waals surface area contributed by atoms with Gasteiger partial charge in [-0.25, -0.2) is 0 Å². The van der Waals surface area contributed by atoms with Crippen LogP contribution in [0, 0.1) is 0 Å². The lowest BCUT2D eigenvalue weighted by Gasteiger charge is -2.34. The summed E-state index contributed by atoms with van der Waals surface area (Å²) in [7, 11) is 0. The van der Waals surface area contributed by atoms with Crippen LogP contribution in [0.1, 0.15) is 25.5 Å². The van der Waals surface area contributed by atoms with E-state index >= 15 is 0 Å². The molecule has 1 aromatic carbocycles. The van der Waals surface area contributed by atoms with Gasteiger partial charge < -0.3 is 21.1 Å². The third-order valence-corrected chi connectivity index (χ3v) is 3.34. The number of phenols is 1. The quantitative estimate of drug-likeness (QED) is 0.722. The van der Waals surface area contributed by atoms with Crippen LogP contribution in [0.5, 0.6) is 5.75 Å². The Bertz CT molecular complexity index is 460. The Morgan fingerprint density at radius 2 is 2.28 bits per heavy atom. The van der Waals surface area contributed by atoms with E-state index in [0.717, 1.165) is 12.2 Å². The third-order valence-electron chi connectivity index (χ3n) is 3.34. The number of hydrogen-bond acceptors (Lipinski definition) is 4. The van der Waals surface area contributed by atoms with E-state index in [1.165, 1.54) is 0 Å². The number of phenolic OH excluding ortho intramolecular Hbond substituents is 1. The molecule has 2 rings (SSSR count). The van der Waals surface area contributed by atoms with Crippen LogP contribution >= 0.6 is 0 Å². The second-order valence-corrected chi connectivity index (χ2v) is 4.69. The molecular formula is C13H19N3O2. The summed E-state index contributed by atoms with van der Waals surface area (Å²) in [6.45, 7) is 5.04. The zero-order chi connectivity index (χ0) is 13.3. The molecule has 0 aromatic heterocycles. The average Bonchev–Trinajstić information content (AvgIpc) is 2.32. The van der Waals surface area contributed by atoms with Gasteiger partial charge in [-0.15, -0.1) is 0 Å². The molecule has 0 radical (unpaired) electrons. The van der Waals surface area contributed by atoms with Crippen LogP contribution in [-0.4, -0.2) is 30.1 Å². The SMILES string of the molecule is CC(N)c1ccc(N2CCNC(=O)C2C)cc1O. The summed E-state index contributed by atoms with van der Waals surface area (Å²) in [5.41, 5.74) is 7.32. The van der Waals surface area contributed by atoms with Crippen molar-refractivity contribution in [1.82, 2.24) is 5.32 Å². The molecule has 98 valence electrons. The number of carbonyl (C=O) groups is 1. The largest absolute Gasteiger partial charge is 0.508 e. The number of benzene rings is 1. The number of rotatable bonds is 2. The highest BCUT2D eigenvalue weighted by Gasteiger charge is 2.26. The van der Waals surface area contributed by atoms with Gasteiger partial charge in [-0.2, -0.15) is 0 Å². The molecule has 0 aliphatic carbocycles. The molecule has 2 atom stereocenters. The molecule has 0 saturated carbocycles. The molecule has 1 aliphatic heterocycles. The van der Waals surface area contributed by atoms with Crippen molar-refractivity contribution >= 4 is 11.6 Å². The van der Waals surface area contributed by atoms with Gasteiger partial charge in [-0.1, -0.05) is 6.07 Å². The maximum Gasteiger partial charge on any atom is 0.242 e. The van der Waals surface area contributed by atoms with Crippen LogP contribution in [0.15, 0.2) is 18.2 Å². The van der Waals surface area contributed by atoms with Crippen molar-refractivity contribution in [2.24, 2.45) is 5.73 Å². The summed E-state index contributed by atoms with van der Waals surface area (Å²) in [4.78, 5) is 13.6. The summed E-state index contributed by atoms with van der Waals surface area (Å²) in [6, 6.07) is 4.95. The Morgan fingerprint density at radius 1 is 1.56 bits per heavy atom. The number of anilines is 1. The molecule has 2 unspecified atom stereocenters. The van der Waals surface area contributed by atoms with Crippen LogP contribution in [0.25, 0.3) is 0 Å². The standard InChI is InChI=1S/C13H19N3O2/c1-8(14)11-4-3-10(7-12(11)17)16-6-5-15-13(18)9(16)2/h3-4,7-9,17H,5-6,14H2,1-2H3,(H,15,18). The molecule has 1 saturated heterocycles. The van der Waals surface area contributed by atoms with Gasteiger partial charge in [0.25, 0.3) is 0 Å². The fraction of sp³-hybridized carbons (Fsp3) is 0.462. The van der Waals surface area contributed by atoms with Crippen LogP contribution in [0.4, 0.5) is 5.69 Å². The van der Waals surface area contributed by atoms with E-state index in [1.54, 1.807) is 6.07 Å². The molecule has 1 fully saturated rings. The van der Waals surface area contributed by atoms with Gasteiger partial charge in [0.2, 0.25) is 5.91 Å². The monoisotopic (exact) mass is 249 g/mol. The van der Waals surface area contributed by atoms with E-state index in [2.05, 4.69) is 5.32 Å². The Labute approximate surface area is 107 Å². The van der Waals surface area contributed by atoms with Gasteiger partial charge in [0, 0.05) is 36.4 Å². The van der Waals surface area contributed by atoms with E-state index in [-0.39, 0.29) is 23.7 Å². The molecule has 4 N–H and O–H groups in total. The van der Waals surface area contributed by atoms with Crippen molar-refractivity contribution < 1.29 is 9.90 Å². The first-order valence-electron chi connectivity index (χ1n) is 6.13. The lowest BCUT2D eigenvalue weighted by atomic mass is 10.1. The average molecular weight is 249 g/mol. The first-order chi connectivity index (χ1) is 8.50. The number of nitrogens with one attached hydrogen (secondary N) is 1. The normalized spacial score (nSPS) is 21.6. The Morgan fingerprint density at radius 3 is 2.89 bits per heavy atom. The molecule has 1 heterocycles. The predicted molar refractivity (Wildman–Crippen MR) is 70.5 cm³/mol. The maximum atomic E-state index is 11.6. The highest BCUT2D eigenvalue weighted by Crippen LogP contribution is 2.29. The molecular weight excluding hydrogens is 230 g/mol. The number of nitrogens with zero attached hydrogens (tertiary/aromatic N) is 1. The lowest BCUT2D eigenvalue weighted by molar-refractivity contribution is -0.122. The fourth-order valence-corrected chi connectivity index (χ4v) is 2.23. The topological polar surface area (TPSA) is 78.6 Å². The van der Waals surface area contributed by atoms with E-state index < -0.39 is 0 Å². The maximum absolute atomic E-state index is 11.6. The Hall–Kier alpha value is -1.75. The second-order valence-electron chi connectivity index (χ2n) is 4.69. The Kier molecular flexibility index (Phi) is 3.43. The molecule has 1 amide bonds. The van der Waals surface area contributed by atoms with Crippen LogP contribution < -0.4 is 16.0 Å². The van der Waals surface area contributed by atoms with Crippen molar-refractivity contribution in [3.8, 4) is 5.75 Å². The van der Waals surface area contributed by atoms with Crippen LogP contribution in [-0.2, 0) is 4.79 Å². The molecule has 5 heteroatoms. The molecule has 1 aromatic rings. The van der Waals surface area contributed by atoms with Gasteiger partial charge in [0.1, 0.15) is 11.8 Å². The van der Waals surface area contributed by atoms with Gasteiger partial charge in [-0.05, 0) is 19.9 Å². The van der Waals surface area contributed by atoms with E-state index in [9.17, 15) is 9.90 Å². The van der Waals surface area contributed by atoms with Crippen molar-refractivity contribution in [3.05, 3.63) is 23.8 Å². The fourth-order valence-electron chi connectivity index (χ4n) is 2.23. The third kappa shape index (κ3) is 2.26. The smallest absolute Gasteiger partial charge is 0.242 e. The minimum atomic E-state index is -0.223. The molecule has 0 spiro atoms. The summed E-state index contributed by atoms with van der Waals surface area (Å²) in [5.74, 6) is 0.192. The van der Waals surface area contributed by atoms with Crippen LogP contribution in [0.2, 0.25) is 0 Å². The number of aromatic hydroxyl groups is 1. The summed E-state index contributed by atoms with van der Waals surface area (Å²) in [6.07, 6.45) is 0. The minimum absolute atomic E-state index is 0.0111. The zero-order valence-corrected chi connectivity index (χ0v) is 10.7. The highest BCUT2D eigenvalue weighted by atomic mass is 16.3. The van der Waals surface area contributed by atoms with Gasteiger partial charge >= 0.3 is 0 Å². The summed E-state index contributed by atoms with van der Waals surface area (Å²) in [5, 5.41) is 12.7. The van der Waals surface area contributed by atoms with Gasteiger partial charge in [0.05, 0.1) is 0 Å². The second kappa shape index (κ2) is 4.86. The molecule has 0 bridgehead atoms. The van der Waals surface area contributed by atoms with Gasteiger partial charge in [0.15, 0.2) is 0 Å². The van der Waals surface area contributed by atoms with E-state index in [1.807, 2.05) is 30.9 Å². The van der Waals surface area contributed by atoms with Crippen LogP contribution in [0.3, 0.4) is 0 Å². The van der Waals surface area contributed by atoms with Crippen molar-refractivity contribution in [2.45, 2.75) is 25.9 Å². The first-order valence-corrected chi connectivity index (χ1v) is 6.13. The summed E-state index contributed by atoms with van der Waals surface area (Å²) >= 11 is 0. The van der Waals surface area contributed by atoms with Gasteiger partial charge in [-0.3, -0.25) is 4.79 Å². The molecule has 18 heavy (non-hydrogen) atoms. The first kappa shape index (κ1) is 12.7. The number of amides is 1. The zero-order valence-electron chi connectivity index (χ0n) is 10.7. The number of nitrogens with two attached hydrogens (primary N) is 1. The Balaban J connectivity index is 2.28. The molecule has 5 nitrogen and oxygen atoms in total. The summed E-state index contributed by atoms with van der Waals surface area (Å²) < 4.78 is 0. The van der Waals surface area contributed by atoms with E-state index in [0.29, 0.717) is 12.1 Å². The van der Waals surface area contributed by atoms with E-state index in [4.69, 9.17) is 5.73 Å². The van der Waals surface area contributed by atoms with Crippen molar-refractivity contribution in [3.63, 3.8) is 0 Å². The van der Waals surface area contributed by atoms with Crippen molar-refractivity contribution in [1.29, 1.82) is 0 Å². The minimum Gasteiger partial charge on any atom is -0.508 e. The predicted octanol–water partition coefficient (Wildman–Crippen LogP) is 0.737. The van der Waals surface area contributed by atoms with Crippen molar-refractivity contribution in [2.75, 3.05) is 18.0 Å². The highest BCUT2D eigenvalue weighted by molar-refractivity contribution is 5.86.